The minimum absolute atomic E-state index is 0.631. The SMILES string of the molecule is Cc1cccc(NC(C(=O)O)c2cnn(C)c2)c1. The number of benzene rings is 1. The number of carbonyl (C=O) groups is 1. The fourth-order valence-corrected chi connectivity index (χ4v) is 1.78. The average molecular weight is 245 g/mol. The van der Waals surface area contributed by atoms with Crippen molar-refractivity contribution >= 4 is 11.7 Å². The second-order valence-corrected chi connectivity index (χ2v) is 4.23. The Morgan fingerprint density at radius 3 is 2.83 bits per heavy atom. The van der Waals surface area contributed by atoms with E-state index in [0.29, 0.717) is 5.56 Å². The van der Waals surface area contributed by atoms with Gasteiger partial charge in [-0.2, -0.15) is 5.10 Å². The molecule has 1 aromatic heterocycles. The smallest absolute Gasteiger partial charge is 0.330 e. The van der Waals surface area contributed by atoms with Crippen LogP contribution >= 0.6 is 0 Å². The number of anilines is 1. The van der Waals surface area contributed by atoms with Crippen molar-refractivity contribution in [2.24, 2.45) is 7.05 Å². The Bertz CT molecular complexity index is 563. The van der Waals surface area contributed by atoms with Crippen LogP contribution in [0.1, 0.15) is 17.2 Å². The molecule has 0 radical (unpaired) electrons. The molecule has 1 atom stereocenters. The van der Waals surface area contributed by atoms with Gasteiger partial charge < -0.3 is 10.4 Å². The van der Waals surface area contributed by atoms with E-state index in [0.717, 1.165) is 11.3 Å². The molecule has 1 aromatic carbocycles. The lowest BCUT2D eigenvalue weighted by molar-refractivity contribution is -0.138. The molecule has 0 amide bonds. The molecule has 1 heterocycles. The predicted molar refractivity (Wildman–Crippen MR) is 68.4 cm³/mol. The third-order valence-electron chi connectivity index (χ3n) is 2.63. The van der Waals surface area contributed by atoms with E-state index in [2.05, 4.69) is 10.4 Å². The molecule has 1 unspecified atom stereocenters. The number of aliphatic carboxylic acids is 1. The van der Waals surface area contributed by atoms with Crippen molar-refractivity contribution in [3.8, 4) is 0 Å². The number of hydrogen-bond donors (Lipinski definition) is 2. The average Bonchev–Trinajstić information content (AvgIpc) is 2.72. The summed E-state index contributed by atoms with van der Waals surface area (Å²) in [6.45, 7) is 1.96. The van der Waals surface area contributed by atoms with Crippen molar-refractivity contribution < 1.29 is 9.90 Å². The molecule has 0 fully saturated rings. The first-order valence-corrected chi connectivity index (χ1v) is 5.61. The molecule has 2 rings (SSSR count). The number of carboxylic acids is 1. The Morgan fingerprint density at radius 1 is 1.50 bits per heavy atom. The molecule has 0 bridgehead atoms. The largest absolute Gasteiger partial charge is 0.479 e. The van der Waals surface area contributed by atoms with Gasteiger partial charge in [-0.15, -0.1) is 0 Å². The first kappa shape index (κ1) is 12.2. The van der Waals surface area contributed by atoms with E-state index in [1.54, 1.807) is 24.1 Å². The fraction of sp³-hybridized carbons (Fsp3) is 0.231. The zero-order valence-electron chi connectivity index (χ0n) is 10.3. The van der Waals surface area contributed by atoms with E-state index in [4.69, 9.17) is 0 Å². The molecule has 2 N–H and O–H groups in total. The molecule has 0 aliphatic heterocycles. The predicted octanol–water partition coefficient (Wildman–Crippen LogP) is 1.97. The summed E-state index contributed by atoms with van der Waals surface area (Å²) in [5.74, 6) is -0.926. The van der Waals surface area contributed by atoms with Crippen LogP contribution in [0.2, 0.25) is 0 Å². The van der Waals surface area contributed by atoms with Crippen molar-refractivity contribution in [1.82, 2.24) is 9.78 Å². The second kappa shape index (κ2) is 4.91. The third-order valence-corrected chi connectivity index (χ3v) is 2.63. The van der Waals surface area contributed by atoms with Crippen LogP contribution in [-0.2, 0) is 11.8 Å². The van der Waals surface area contributed by atoms with Gasteiger partial charge in [-0.3, -0.25) is 4.68 Å². The molecule has 2 aromatic rings. The van der Waals surface area contributed by atoms with E-state index >= 15 is 0 Å². The van der Waals surface area contributed by atoms with Crippen LogP contribution in [0.15, 0.2) is 36.7 Å². The maximum absolute atomic E-state index is 11.3. The van der Waals surface area contributed by atoms with E-state index in [-0.39, 0.29) is 0 Å². The fourth-order valence-electron chi connectivity index (χ4n) is 1.78. The van der Waals surface area contributed by atoms with Crippen LogP contribution < -0.4 is 5.32 Å². The van der Waals surface area contributed by atoms with Gasteiger partial charge in [-0.05, 0) is 24.6 Å². The summed E-state index contributed by atoms with van der Waals surface area (Å²) in [4.78, 5) is 11.3. The number of rotatable bonds is 4. The monoisotopic (exact) mass is 245 g/mol. The van der Waals surface area contributed by atoms with Gasteiger partial charge in [-0.25, -0.2) is 4.79 Å². The van der Waals surface area contributed by atoms with Crippen molar-refractivity contribution in [2.75, 3.05) is 5.32 Å². The Morgan fingerprint density at radius 2 is 2.28 bits per heavy atom. The molecule has 0 aliphatic rings. The van der Waals surface area contributed by atoms with Gasteiger partial charge in [0.2, 0.25) is 0 Å². The highest BCUT2D eigenvalue weighted by molar-refractivity contribution is 5.79. The number of nitrogens with zero attached hydrogens (tertiary/aromatic N) is 2. The first-order valence-electron chi connectivity index (χ1n) is 5.61. The molecule has 5 nitrogen and oxygen atoms in total. The van der Waals surface area contributed by atoms with E-state index in [1.807, 2.05) is 31.2 Å². The van der Waals surface area contributed by atoms with Gasteiger partial charge in [0.25, 0.3) is 0 Å². The summed E-state index contributed by atoms with van der Waals surface area (Å²) in [6.07, 6.45) is 3.25. The van der Waals surface area contributed by atoms with Crippen molar-refractivity contribution in [1.29, 1.82) is 0 Å². The van der Waals surface area contributed by atoms with Crippen molar-refractivity contribution in [3.05, 3.63) is 47.8 Å². The van der Waals surface area contributed by atoms with E-state index in [1.165, 1.54) is 0 Å². The van der Waals surface area contributed by atoms with Gasteiger partial charge in [0.05, 0.1) is 6.20 Å². The summed E-state index contributed by atoms with van der Waals surface area (Å²) < 4.78 is 1.59. The van der Waals surface area contributed by atoms with Gasteiger partial charge in [0.15, 0.2) is 6.04 Å². The number of nitrogens with one attached hydrogen (secondary N) is 1. The molecule has 5 heteroatoms. The van der Waals surface area contributed by atoms with Crippen LogP contribution in [-0.4, -0.2) is 20.9 Å². The summed E-state index contributed by atoms with van der Waals surface area (Å²) in [6, 6.07) is 6.82. The van der Waals surface area contributed by atoms with Crippen molar-refractivity contribution in [3.63, 3.8) is 0 Å². The topological polar surface area (TPSA) is 67.2 Å². The highest BCUT2D eigenvalue weighted by Crippen LogP contribution is 2.20. The number of carboxylic acid groups (broad SMARTS) is 1. The number of aryl methyl sites for hydroxylation is 2. The Hall–Kier alpha value is -2.30. The number of hydrogen-bond acceptors (Lipinski definition) is 3. The molecular formula is C13H15N3O2. The lowest BCUT2D eigenvalue weighted by atomic mass is 10.1. The Balaban J connectivity index is 2.24. The summed E-state index contributed by atoms with van der Waals surface area (Å²) in [5, 5.41) is 16.3. The molecular weight excluding hydrogens is 230 g/mol. The van der Waals surface area contributed by atoms with Gasteiger partial charge in [0.1, 0.15) is 0 Å². The van der Waals surface area contributed by atoms with E-state index < -0.39 is 12.0 Å². The Kier molecular flexibility index (Phi) is 3.32. The normalized spacial score (nSPS) is 12.1. The molecule has 18 heavy (non-hydrogen) atoms. The maximum atomic E-state index is 11.3. The summed E-state index contributed by atoms with van der Waals surface area (Å²) in [7, 11) is 1.76. The lowest BCUT2D eigenvalue weighted by Gasteiger charge is -2.14. The van der Waals surface area contributed by atoms with E-state index in [9.17, 15) is 9.90 Å². The highest BCUT2D eigenvalue weighted by atomic mass is 16.4. The first-order chi connectivity index (χ1) is 8.56. The maximum Gasteiger partial charge on any atom is 0.330 e. The van der Waals surface area contributed by atoms with Crippen LogP contribution in [0.25, 0.3) is 0 Å². The summed E-state index contributed by atoms with van der Waals surface area (Å²) >= 11 is 0. The lowest BCUT2D eigenvalue weighted by Crippen LogP contribution is -2.20. The van der Waals surface area contributed by atoms with Crippen LogP contribution in [0.4, 0.5) is 5.69 Å². The van der Waals surface area contributed by atoms with Crippen LogP contribution in [0.3, 0.4) is 0 Å². The zero-order chi connectivity index (χ0) is 13.1. The molecule has 0 spiro atoms. The minimum atomic E-state index is -0.926. The highest BCUT2D eigenvalue weighted by Gasteiger charge is 2.20. The van der Waals surface area contributed by atoms with Gasteiger partial charge in [0, 0.05) is 24.5 Å². The van der Waals surface area contributed by atoms with Crippen LogP contribution in [0.5, 0.6) is 0 Å². The third kappa shape index (κ3) is 2.68. The zero-order valence-corrected chi connectivity index (χ0v) is 10.3. The number of aromatic nitrogens is 2. The molecule has 0 saturated heterocycles. The van der Waals surface area contributed by atoms with Crippen LogP contribution in [0, 0.1) is 6.92 Å². The Labute approximate surface area is 105 Å². The van der Waals surface area contributed by atoms with Crippen molar-refractivity contribution in [2.45, 2.75) is 13.0 Å². The quantitative estimate of drug-likeness (QED) is 0.864. The standard InChI is InChI=1S/C13H15N3O2/c1-9-4-3-5-11(6-9)15-12(13(17)18)10-7-14-16(2)8-10/h3-8,12,15H,1-2H3,(H,17,18). The summed E-state index contributed by atoms with van der Waals surface area (Å²) in [5.41, 5.74) is 2.49. The molecule has 0 aliphatic carbocycles. The van der Waals surface area contributed by atoms with Gasteiger partial charge >= 0.3 is 5.97 Å². The van der Waals surface area contributed by atoms with Gasteiger partial charge in [-0.1, -0.05) is 12.1 Å². The molecule has 0 saturated carbocycles. The minimum Gasteiger partial charge on any atom is -0.479 e. The molecule has 94 valence electrons. The second-order valence-electron chi connectivity index (χ2n) is 4.23.